The molecule has 0 fully saturated rings. The van der Waals surface area contributed by atoms with E-state index in [1.54, 1.807) is 35.9 Å². The topological polar surface area (TPSA) is 71.0 Å². The number of anilines is 2. The van der Waals surface area contributed by atoms with E-state index in [9.17, 15) is 4.79 Å². The normalized spacial score (nSPS) is 14.5. The molecule has 0 saturated heterocycles. The van der Waals surface area contributed by atoms with Crippen LogP contribution in [0, 0.1) is 0 Å². The van der Waals surface area contributed by atoms with E-state index in [0.29, 0.717) is 6.54 Å². The number of hydrogen-bond donors (Lipinski definition) is 1. The van der Waals surface area contributed by atoms with Gasteiger partial charge in [-0.15, -0.1) is 22.7 Å². The van der Waals surface area contributed by atoms with Crippen LogP contribution in [0.15, 0.2) is 42.2 Å². The predicted molar refractivity (Wildman–Crippen MR) is 115 cm³/mol. The molecule has 28 heavy (non-hydrogen) atoms. The number of benzene rings is 1. The third-order valence-electron chi connectivity index (χ3n) is 4.84. The lowest BCUT2D eigenvalue weighted by atomic mass is 10.1. The van der Waals surface area contributed by atoms with E-state index >= 15 is 0 Å². The molecule has 140 valence electrons. The summed E-state index contributed by atoms with van der Waals surface area (Å²) in [5, 5.41) is 4.40. The monoisotopic (exact) mass is 407 g/mol. The fraction of sp³-hybridized carbons (Fsp3) is 0.200. The van der Waals surface area contributed by atoms with Crippen LogP contribution in [-0.4, -0.2) is 38.8 Å². The molecule has 1 aromatic carbocycles. The zero-order chi connectivity index (χ0) is 19.1. The Morgan fingerprint density at radius 3 is 3.04 bits per heavy atom. The van der Waals surface area contributed by atoms with Gasteiger partial charge < -0.3 is 10.2 Å². The number of aromatic nitrogens is 3. The highest BCUT2D eigenvalue weighted by atomic mass is 32.1. The van der Waals surface area contributed by atoms with Gasteiger partial charge >= 0.3 is 0 Å². The Labute approximate surface area is 169 Å². The van der Waals surface area contributed by atoms with Crippen LogP contribution in [0.5, 0.6) is 0 Å². The summed E-state index contributed by atoms with van der Waals surface area (Å²) in [7, 11) is 0. The van der Waals surface area contributed by atoms with Crippen molar-refractivity contribution in [2.45, 2.75) is 13.3 Å². The molecule has 4 heterocycles. The molecule has 4 aromatic rings. The van der Waals surface area contributed by atoms with Gasteiger partial charge in [-0.05, 0) is 36.3 Å². The highest BCUT2D eigenvalue weighted by Gasteiger charge is 2.19. The summed E-state index contributed by atoms with van der Waals surface area (Å²) in [6.07, 6.45) is 4.69. The number of thiophene rings is 1. The van der Waals surface area contributed by atoms with E-state index in [-0.39, 0.29) is 5.91 Å². The van der Waals surface area contributed by atoms with Gasteiger partial charge in [0.2, 0.25) is 5.91 Å². The number of nitrogens with zero attached hydrogens (tertiary/aromatic N) is 4. The van der Waals surface area contributed by atoms with Gasteiger partial charge in [0.05, 0.1) is 21.1 Å². The molecule has 8 heteroatoms. The van der Waals surface area contributed by atoms with Crippen LogP contribution in [0.4, 0.5) is 11.5 Å². The minimum absolute atomic E-state index is 0.117. The van der Waals surface area contributed by atoms with E-state index in [0.717, 1.165) is 49.8 Å². The predicted octanol–water partition coefficient (Wildman–Crippen LogP) is 4.68. The Hall–Kier alpha value is -2.84. The molecule has 0 bridgehead atoms. The van der Waals surface area contributed by atoms with Gasteiger partial charge in [0.1, 0.15) is 17.0 Å². The summed E-state index contributed by atoms with van der Waals surface area (Å²) in [5.74, 6) is 0.896. The average molecular weight is 408 g/mol. The number of fused-ring (bicyclic) bond motifs is 2. The van der Waals surface area contributed by atoms with Crippen molar-refractivity contribution in [3.05, 3.63) is 47.1 Å². The van der Waals surface area contributed by atoms with Gasteiger partial charge in [-0.1, -0.05) is 6.08 Å². The number of carbonyl (C=O) groups is 1. The van der Waals surface area contributed by atoms with Gasteiger partial charge in [-0.25, -0.2) is 15.0 Å². The Bertz CT molecular complexity index is 1230. The maximum atomic E-state index is 11.7. The second-order valence-electron chi connectivity index (χ2n) is 6.67. The van der Waals surface area contributed by atoms with E-state index in [1.807, 2.05) is 22.5 Å². The molecule has 6 nitrogen and oxygen atoms in total. The quantitative estimate of drug-likeness (QED) is 0.534. The molecular formula is C20H17N5OS2. The molecule has 1 aliphatic heterocycles. The summed E-state index contributed by atoms with van der Waals surface area (Å²) in [5.41, 5.74) is 4.96. The molecule has 1 amide bonds. The third kappa shape index (κ3) is 3.14. The molecule has 1 N–H and O–H groups in total. The van der Waals surface area contributed by atoms with Gasteiger partial charge in [-0.2, -0.15) is 0 Å². The minimum Gasteiger partial charge on any atom is -0.340 e. The first-order chi connectivity index (χ1) is 13.7. The highest BCUT2D eigenvalue weighted by Crippen LogP contribution is 2.35. The fourth-order valence-corrected chi connectivity index (χ4v) is 5.07. The Balaban J connectivity index is 1.49. The van der Waals surface area contributed by atoms with Crippen LogP contribution in [0.3, 0.4) is 0 Å². The lowest BCUT2D eigenvalue weighted by Crippen LogP contribution is -2.33. The second-order valence-corrected chi connectivity index (χ2v) is 8.59. The molecular weight excluding hydrogens is 390 g/mol. The second kappa shape index (κ2) is 6.96. The molecule has 0 atom stereocenters. The van der Waals surface area contributed by atoms with Crippen LogP contribution in [0.2, 0.25) is 0 Å². The SMILES string of the molecule is CC(=O)N1CCC=C(c2cc3c(Nc4ccc5scnc5c4)ncnc3s2)C1. The van der Waals surface area contributed by atoms with Crippen molar-refractivity contribution in [3.63, 3.8) is 0 Å². The Morgan fingerprint density at radius 1 is 1.21 bits per heavy atom. The van der Waals surface area contributed by atoms with Crippen molar-refractivity contribution >= 4 is 66.1 Å². The summed E-state index contributed by atoms with van der Waals surface area (Å²) in [6, 6.07) is 8.26. The molecule has 0 spiro atoms. The van der Waals surface area contributed by atoms with E-state index in [1.165, 1.54) is 5.57 Å². The third-order valence-corrected chi connectivity index (χ3v) is 6.76. The van der Waals surface area contributed by atoms with Crippen molar-refractivity contribution in [2.75, 3.05) is 18.4 Å². The number of amides is 1. The summed E-state index contributed by atoms with van der Waals surface area (Å²) >= 11 is 3.27. The molecule has 0 saturated carbocycles. The standard InChI is InChI=1S/C20H17N5OS2/c1-12(26)25-6-2-3-13(9-25)18-8-15-19(21-10-22-20(15)28-18)24-14-4-5-17-16(7-14)23-11-27-17/h3-5,7-8,10-11H,2,6,9H2,1H3,(H,21,22,24). The van der Waals surface area contributed by atoms with Crippen LogP contribution in [0.1, 0.15) is 18.2 Å². The van der Waals surface area contributed by atoms with E-state index in [4.69, 9.17) is 0 Å². The number of thiazole rings is 1. The smallest absolute Gasteiger partial charge is 0.219 e. The van der Waals surface area contributed by atoms with Crippen LogP contribution >= 0.6 is 22.7 Å². The molecule has 0 aliphatic carbocycles. The average Bonchev–Trinajstić information content (AvgIpc) is 3.35. The molecule has 1 aliphatic rings. The van der Waals surface area contributed by atoms with Crippen LogP contribution in [0.25, 0.3) is 26.0 Å². The number of rotatable bonds is 3. The van der Waals surface area contributed by atoms with Gasteiger partial charge in [-0.3, -0.25) is 4.79 Å². The number of nitrogens with one attached hydrogen (secondary N) is 1. The van der Waals surface area contributed by atoms with Crippen molar-refractivity contribution < 1.29 is 4.79 Å². The first kappa shape index (κ1) is 17.3. The van der Waals surface area contributed by atoms with E-state index < -0.39 is 0 Å². The summed E-state index contributed by atoms with van der Waals surface area (Å²) < 4.78 is 1.16. The van der Waals surface area contributed by atoms with Gasteiger partial charge in [0.25, 0.3) is 0 Å². The molecule has 3 aromatic heterocycles. The van der Waals surface area contributed by atoms with Crippen LogP contribution in [-0.2, 0) is 4.79 Å². The maximum absolute atomic E-state index is 11.7. The Morgan fingerprint density at radius 2 is 2.14 bits per heavy atom. The maximum Gasteiger partial charge on any atom is 0.219 e. The van der Waals surface area contributed by atoms with E-state index in [2.05, 4.69) is 38.5 Å². The number of hydrogen-bond acceptors (Lipinski definition) is 7. The molecule has 0 radical (unpaired) electrons. The zero-order valence-corrected chi connectivity index (χ0v) is 16.8. The first-order valence-electron chi connectivity index (χ1n) is 8.97. The molecule has 5 rings (SSSR count). The fourth-order valence-electron chi connectivity index (χ4n) is 3.38. The number of carbonyl (C=O) groups excluding carboxylic acids is 1. The Kier molecular flexibility index (Phi) is 4.29. The summed E-state index contributed by atoms with van der Waals surface area (Å²) in [4.78, 5) is 29.0. The van der Waals surface area contributed by atoms with Crippen molar-refractivity contribution in [1.82, 2.24) is 19.9 Å². The van der Waals surface area contributed by atoms with Gasteiger partial charge in [0, 0.05) is 30.6 Å². The lowest BCUT2D eigenvalue weighted by Gasteiger charge is -2.25. The largest absolute Gasteiger partial charge is 0.340 e. The summed E-state index contributed by atoms with van der Waals surface area (Å²) in [6.45, 7) is 3.06. The van der Waals surface area contributed by atoms with Gasteiger partial charge in [0.15, 0.2) is 0 Å². The van der Waals surface area contributed by atoms with Crippen molar-refractivity contribution in [3.8, 4) is 0 Å². The first-order valence-corrected chi connectivity index (χ1v) is 10.7. The lowest BCUT2D eigenvalue weighted by molar-refractivity contribution is -0.128. The molecule has 0 unspecified atom stereocenters. The van der Waals surface area contributed by atoms with Crippen molar-refractivity contribution in [2.24, 2.45) is 0 Å². The zero-order valence-electron chi connectivity index (χ0n) is 15.2. The highest BCUT2D eigenvalue weighted by molar-refractivity contribution is 7.19. The van der Waals surface area contributed by atoms with Crippen LogP contribution < -0.4 is 5.32 Å². The minimum atomic E-state index is 0.117. The van der Waals surface area contributed by atoms with Crippen molar-refractivity contribution in [1.29, 1.82) is 0 Å².